The molecule has 3 N–H and O–H groups in total. The van der Waals surface area contributed by atoms with Gasteiger partial charge in [-0.25, -0.2) is 14.6 Å². The summed E-state index contributed by atoms with van der Waals surface area (Å²) in [6, 6.07) is -0.501. The van der Waals surface area contributed by atoms with Gasteiger partial charge in [0.05, 0.1) is 12.0 Å². The molecule has 200 valence electrons. The van der Waals surface area contributed by atoms with Gasteiger partial charge < -0.3 is 19.5 Å². The largest absolute Gasteiger partial charge is 0.460 e. The normalized spacial score (nSPS) is 20.3. The monoisotopic (exact) mass is 498 g/mol. The fourth-order valence-electron chi connectivity index (χ4n) is 3.39. The fourth-order valence-corrected chi connectivity index (χ4v) is 3.39. The second kappa shape index (κ2) is 11.7. The van der Waals surface area contributed by atoms with Gasteiger partial charge in [-0.15, -0.1) is 0 Å². The molecule has 0 aromatic rings. The van der Waals surface area contributed by atoms with Crippen molar-refractivity contribution in [2.24, 2.45) is 16.8 Å². The second-order valence-electron chi connectivity index (χ2n) is 11.7. The fraction of sp³-hybridized carbons (Fsp3) is 0.792. The Balaban J connectivity index is 3.19. The highest BCUT2D eigenvalue weighted by Gasteiger charge is 2.40. The molecule has 1 aliphatic carbocycles. The number of nitrogens with zero attached hydrogens (tertiary/aromatic N) is 1. The van der Waals surface area contributed by atoms with E-state index in [2.05, 4.69) is 20.9 Å². The first kappa shape index (κ1) is 30.2. The van der Waals surface area contributed by atoms with Gasteiger partial charge in [0.1, 0.15) is 16.8 Å². The Bertz CT molecular complexity index is 787. The van der Waals surface area contributed by atoms with Crippen LogP contribution >= 0.6 is 0 Å². The maximum Gasteiger partial charge on any atom is 0.414 e. The lowest BCUT2D eigenvalue weighted by Gasteiger charge is -2.23. The Kier molecular flexibility index (Phi) is 10.1. The third-order valence-corrected chi connectivity index (χ3v) is 4.54. The predicted octanol–water partition coefficient (Wildman–Crippen LogP) is 3.26. The minimum absolute atomic E-state index is 0.170. The smallest absolute Gasteiger partial charge is 0.414 e. The lowest BCUT2D eigenvalue weighted by molar-refractivity contribution is -0.159. The molecule has 0 aliphatic heterocycles. The molecule has 3 amide bonds. The van der Waals surface area contributed by atoms with Crippen molar-refractivity contribution < 1.29 is 33.4 Å². The quantitative estimate of drug-likeness (QED) is 0.233. The zero-order valence-electron chi connectivity index (χ0n) is 22.7. The van der Waals surface area contributed by atoms with Crippen molar-refractivity contribution in [3.63, 3.8) is 0 Å². The van der Waals surface area contributed by atoms with Crippen LogP contribution in [0.3, 0.4) is 0 Å². The second-order valence-corrected chi connectivity index (χ2v) is 11.7. The molecule has 1 fully saturated rings. The molecule has 0 bridgehead atoms. The number of hydrogen-bond donors (Lipinski definition) is 3. The molecule has 0 aromatic heterocycles. The predicted molar refractivity (Wildman–Crippen MR) is 131 cm³/mol. The summed E-state index contributed by atoms with van der Waals surface area (Å²) in [6.07, 6.45) is -0.885. The molecular formula is C24H42N4O7. The first-order valence-corrected chi connectivity index (χ1v) is 11.8. The van der Waals surface area contributed by atoms with Crippen LogP contribution in [-0.4, -0.2) is 59.4 Å². The molecule has 0 saturated heterocycles. The van der Waals surface area contributed by atoms with Crippen molar-refractivity contribution >= 4 is 30.0 Å². The standard InChI is InChI=1S/C24H42N4O7/c1-14(29)25-13-16-11-15(18(30)33-22(2,3)4)12-17(16)26-19(27-20(31)34-23(5,6)7)28-21(32)35-24(8,9)10/h15-17H,11-13H2,1-10H3,(H,25,29)(H2,26,27,28,31,32)/t15-,16-,17+/m1/s1. The Morgan fingerprint density at radius 2 is 1.23 bits per heavy atom. The molecule has 0 aromatic carbocycles. The maximum absolute atomic E-state index is 12.7. The molecule has 11 heteroatoms. The molecule has 35 heavy (non-hydrogen) atoms. The van der Waals surface area contributed by atoms with E-state index < -0.39 is 40.9 Å². The third kappa shape index (κ3) is 13.0. The van der Waals surface area contributed by atoms with E-state index in [0.717, 1.165) is 0 Å². The van der Waals surface area contributed by atoms with Gasteiger partial charge in [-0.2, -0.15) is 0 Å². The van der Waals surface area contributed by atoms with Crippen LogP contribution in [-0.2, 0) is 23.8 Å². The summed E-state index contributed by atoms with van der Waals surface area (Å²) in [4.78, 5) is 53.5. The number of ether oxygens (including phenoxy) is 3. The number of hydrogen-bond acceptors (Lipinski definition) is 8. The Labute approximate surface area is 208 Å². The van der Waals surface area contributed by atoms with Crippen molar-refractivity contribution in [3.8, 4) is 0 Å². The average molecular weight is 499 g/mol. The number of guanidine groups is 1. The molecule has 0 unspecified atom stereocenters. The van der Waals surface area contributed by atoms with Crippen molar-refractivity contribution in [3.05, 3.63) is 0 Å². The van der Waals surface area contributed by atoms with Gasteiger partial charge in [-0.1, -0.05) is 0 Å². The van der Waals surface area contributed by atoms with Crippen LogP contribution in [0.1, 0.15) is 82.1 Å². The van der Waals surface area contributed by atoms with E-state index in [4.69, 9.17) is 14.2 Å². The highest BCUT2D eigenvalue weighted by Crippen LogP contribution is 2.35. The van der Waals surface area contributed by atoms with Crippen molar-refractivity contribution in [2.45, 2.75) is 105 Å². The minimum Gasteiger partial charge on any atom is -0.460 e. The zero-order valence-corrected chi connectivity index (χ0v) is 22.7. The number of amides is 3. The molecule has 3 atom stereocenters. The van der Waals surface area contributed by atoms with Gasteiger partial charge in [0, 0.05) is 13.5 Å². The maximum atomic E-state index is 12.7. The summed E-state index contributed by atoms with van der Waals surface area (Å²) in [5.74, 6) is -1.42. The van der Waals surface area contributed by atoms with E-state index in [0.29, 0.717) is 12.8 Å². The van der Waals surface area contributed by atoms with E-state index in [1.807, 2.05) is 0 Å². The molecule has 1 aliphatic rings. The SMILES string of the molecule is CC(=O)NC[C@H]1C[C@@H](C(=O)OC(C)(C)C)C[C@@H]1N=C(NC(=O)OC(C)(C)C)NC(=O)OC(C)(C)C. The van der Waals surface area contributed by atoms with Crippen LogP contribution in [0.2, 0.25) is 0 Å². The summed E-state index contributed by atoms with van der Waals surface area (Å²) in [6.45, 7) is 17.3. The zero-order chi connectivity index (χ0) is 27.2. The van der Waals surface area contributed by atoms with Crippen molar-refractivity contribution in [1.82, 2.24) is 16.0 Å². The third-order valence-electron chi connectivity index (χ3n) is 4.54. The number of alkyl carbamates (subject to hydrolysis) is 2. The van der Waals surface area contributed by atoms with Crippen molar-refractivity contribution in [2.75, 3.05) is 6.54 Å². The molecule has 0 radical (unpaired) electrons. The van der Waals surface area contributed by atoms with Crippen LogP contribution < -0.4 is 16.0 Å². The molecule has 11 nitrogen and oxygen atoms in total. The highest BCUT2D eigenvalue weighted by molar-refractivity contribution is 6.01. The molecule has 1 rings (SSSR count). The number of carbonyl (C=O) groups is 4. The van der Waals surface area contributed by atoms with E-state index in [-0.39, 0.29) is 30.3 Å². The number of carbonyl (C=O) groups excluding carboxylic acids is 4. The molecular weight excluding hydrogens is 456 g/mol. The number of esters is 1. The topological polar surface area (TPSA) is 144 Å². The van der Waals surface area contributed by atoms with E-state index in [1.54, 1.807) is 62.3 Å². The Hall–Kier alpha value is -2.85. The highest BCUT2D eigenvalue weighted by atomic mass is 16.6. The lowest BCUT2D eigenvalue weighted by atomic mass is 10.0. The average Bonchev–Trinajstić information content (AvgIpc) is 2.97. The van der Waals surface area contributed by atoms with Crippen LogP contribution in [0.25, 0.3) is 0 Å². The van der Waals surface area contributed by atoms with Gasteiger partial charge in [0.25, 0.3) is 0 Å². The lowest BCUT2D eigenvalue weighted by Crippen LogP contribution is -2.48. The summed E-state index contributed by atoms with van der Waals surface area (Å²) < 4.78 is 16.1. The van der Waals surface area contributed by atoms with Gasteiger partial charge >= 0.3 is 18.2 Å². The summed E-state index contributed by atoms with van der Waals surface area (Å²) in [5.41, 5.74) is -2.19. The van der Waals surface area contributed by atoms with Gasteiger partial charge in [0.15, 0.2) is 0 Å². The summed E-state index contributed by atoms with van der Waals surface area (Å²) in [7, 11) is 0. The Morgan fingerprint density at radius 3 is 1.63 bits per heavy atom. The van der Waals surface area contributed by atoms with Crippen LogP contribution in [0.5, 0.6) is 0 Å². The number of rotatable bonds is 4. The number of aliphatic imine (C=N–C) groups is 1. The first-order valence-electron chi connectivity index (χ1n) is 11.8. The van der Waals surface area contributed by atoms with E-state index >= 15 is 0 Å². The van der Waals surface area contributed by atoms with E-state index in [9.17, 15) is 19.2 Å². The van der Waals surface area contributed by atoms with Gasteiger partial charge in [-0.05, 0) is 81.1 Å². The number of nitrogens with one attached hydrogen (secondary N) is 3. The minimum atomic E-state index is -0.813. The first-order chi connectivity index (χ1) is 15.7. The van der Waals surface area contributed by atoms with Crippen LogP contribution in [0, 0.1) is 11.8 Å². The molecule has 1 saturated carbocycles. The molecule has 0 heterocycles. The molecule has 0 spiro atoms. The van der Waals surface area contributed by atoms with Gasteiger partial charge in [0.2, 0.25) is 11.9 Å². The van der Waals surface area contributed by atoms with Crippen LogP contribution in [0.15, 0.2) is 4.99 Å². The summed E-state index contributed by atoms with van der Waals surface area (Å²) in [5, 5.41) is 7.67. The van der Waals surface area contributed by atoms with Crippen molar-refractivity contribution in [1.29, 1.82) is 0 Å². The Morgan fingerprint density at radius 1 is 0.771 bits per heavy atom. The van der Waals surface area contributed by atoms with Crippen LogP contribution in [0.4, 0.5) is 9.59 Å². The van der Waals surface area contributed by atoms with Gasteiger partial charge in [-0.3, -0.25) is 20.2 Å². The summed E-state index contributed by atoms with van der Waals surface area (Å²) >= 11 is 0. The van der Waals surface area contributed by atoms with E-state index in [1.165, 1.54) is 6.92 Å².